The summed E-state index contributed by atoms with van der Waals surface area (Å²) in [5.74, 6) is 2.29. The zero-order chi connectivity index (χ0) is 22.6. The molecule has 0 saturated carbocycles. The van der Waals surface area contributed by atoms with Gasteiger partial charge in [0.25, 0.3) is 0 Å². The number of rotatable bonds is 11. The van der Waals surface area contributed by atoms with Gasteiger partial charge in [0, 0.05) is 24.7 Å². The average Bonchev–Trinajstić information content (AvgIpc) is 2.77. The molecule has 0 bridgehead atoms. The maximum absolute atomic E-state index is 12.6. The second kappa shape index (κ2) is 12.5. The molecule has 0 atom stereocenters. The van der Waals surface area contributed by atoms with Crippen molar-refractivity contribution in [3.63, 3.8) is 0 Å². The minimum Gasteiger partial charge on any atom is -0.497 e. The van der Waals surface area contributed by atoms with E-state index in [0.29, 0.717) is 43.7 Å². The van der Waals surface area contributed by atoms with Gasteiger partial charge in [-0.05, 0) is 43.7 Å². The van der Waals surface area contributed by atoms with Crippen LogP contribution < -0.4 is 29.6 Å². The minimum absolute atomic E-state index is 0.00112. The fourth-order valence-electron chi connectivity index (χ4n) is 2.80. The molecule has 31 heavy (non-hydrogen) atoms. The predicted octanol–water partition coefficient (Wildman–Crippen LogP) is 3.96. The lowest BCUT2D eigenvalue weighted by atomic mass is 10.2. The molecular formula is C22H29F2N3O4. The van der Waals surface area contributed by atoms with Crippen LogP contribution in [0, 0.1) is 0 Å². The highest BCUT2D eigenvalue weighted by Gasteiger charge is 2.12. The monoisotopic (exact) mass is 437 g/mol. The summed E-state index contributed by atoms with van der Waals surface area (Å²) in [4.78, 5) is 4.56. The number of guanidine groups is 1. The van der Waals surface area contributed by atoms with Crippen LogP contribution in [0.2, 0.25) is 0 Å². The topological polar surface area (TPSA) is 73.3 Å². The summed E-state index contributed by atoms with van der Waals surface area (Å²) >= 11 is 0. The highest BCUT2D eigenvalue weighted by molar-refractivity contribution is 5.79. The predicted molar refractivity (Wildman–Crippen MR) is 115 cm³/mol. The largest absolute Gasteiger partial charge is 0.497 e. The van der Waals surface area contributed by atoms with Gasteiger partial charge in [0.2, 0.25) is 0 Å². The minimum atomic E-state index is -2.91. The van der Waals surface area contributed by atoms with Gasteiger partial charge in [0.05, 0.1) is 27.4 Å². The Balaban J connectivity index is 2.11. The van der Waals surface area contributed by atoms with Gasteiger partial charge >= 0.3 is 6.61 Å². The number of ether oxygens (including phenoxy) is 4. The van der Waals surface area contributed by atoms with Crippen molar-refractivity contribution in [1.82, 2.24) is 10.6 Å². The summed E-state index contributed by atoms with van der Waals surface area (Å²) in [6.45, 7) is 2.65. The van der Waals surface area contributed by atoms with Crippen molar-refractivity contribution in [2.24, 2.45) is 4.99 Å². The third kappa shape index (κ3) is 7.51. The van der Waals surface area contributed by atoms with E-state index in [9.17, 15) is 8.78 Å². The quantitative estimate of drug-likeness (QED) is 0.410. The van der Waals surface area contributed by atoms with Crippen LogP contribution in [0.1, 0.15) is 25.0 Å². The Hall–Kier alpha value is -3.23. The second-order valence-electron chi connectivity index (χ2n) is 6.32. The van der Waals surface area contributed by atoms with Crippen molar-refractivity contribution in [3.8, 4) is 23.0 Å². The maximum atomic E-state index is 12.6. The van der Waals surface area contributed by atoms with E-state index >= 15 is 0 Å². The lowest BCUT2D eigenvalue weighted by Crippen LogP contribution is -2.36. The first kappa shape index (κ1) is 24.0. The Kier molecular flexibility index (Phi) is 9.67. The summed E-state index contributed by atoms with van der Waals surface area (Å²) in [7, 11) is 3.21. The molecule has 0 aliphatic rings. The Morgan fingerprint density at radius 1 is 0.968 bits per heavy atom. The van der Waals surface area contributed by atoms with E-state index in [2.05, 4.69) is 20.4 Å². The highest BCUT2D eigenvalue weighted by atomic mass is 19.3. The second-order valence-corrected chi connectivity index (χ2v) is 6.32. The first-order valence-electron chi connectivity index (χ1n) is 9.94. The molecule has 2 aromatic rings. The molecule has 0 aliphatic carbocycles. The number of methoxy groups -OCH3 is 2. The highest BCUT2D eigenvalue weighted by Crippen LogP contribution is 2.30. The van der Waals surface area contributed by atoms with Gasteiger partial charge in [0.15, 0.2) is 17.5 Å². The van der Waals surface area contributed by atoms with Crippen LogP contribution in [0.3, 0.4) is 0 Å². The van der Waals surface area contributed by atoms with Gasteiger partial charge in [-0.25, -0.2) is 4.99 Å². The number of hydrogen-bond acceptors (Lipinski definition) is 5. The van der Waals surface area contributed by atoms with E-state index in [1.54, 1.807) is 33.3 Å². The molecule has 9 heteroatoms. The smallest absolute Gasteiger partial charge is 0.387 e. The van der Waals surface area contributed by atoms with Crippen molar-refractivity contribution >= 4 is 5.96 Å². The molecule has 0 heterocycles. The summed E-state index contributed by atoms with van der Waals surface area (Å²) < 4.78 is 45.7. The van der Waals surface area contributed by atoms with Crippen molar-refractivity contribution in [3.05, 3.63) is 47.5 Å². The van der Waals surface area contributed by atoms with Gasteiger partial charge in [0.1, 0.15) is 11.5 Å². The zero-order valence-corrected chi connectivity index (χ0v) is 18.2. The molecule has 0 aliphatic heterocycles. The molecule has 7 nitrogen and oxygen atoms in total. The number of benzene rings is 2. The van der Waals surface area contributed by atoms with Crippen LogP contribution in [-0.2, 0) is 13.1 Å². The van der Waals surface area contributed by atoms with E-state index in [1.165, 1.54) is 6.07 Å². The molecule has 0 saturated heterocycles. The first-order chi connectivity index (χ1) is 15.0. The lowest BCUT2D eigenvalue weighted by molar-refractivity contribution is -0.0514. The molecule has 0 spiro atoms. The number of alkyl halides is 2. The number of hydrogen-bond donors (Lipinski definition) is 2. The number of halogens is 2. The van der Waals surface area contributed by atoms with E-state index in [4.69, 9.17) is 14.2 Å². The standard InChI is InChI=1S/C22H29F2N3O4/c1-5-25-22(27-14-16-8-9-17(28-3)12-19(16)29-4)26-13-15-7-10-18(31-21(23)24)20(11-15)30-6-2/h7-12,21H,5-6,13-14H2,1-4H3,(H2,25,26,27). The van der Waals surface area contributed by atoms with Crippen LogP contribution >= 0.6 is 0 Å². The van der Waals surface area contributed by atoms with Gasteiger partial charge < -0.3 is 29.6 Å². The number of nitrogens with zero attached hydrogens (tertiary/aromatic N) is 1. The van der Waals surface area contributed by atoms with Crippen LogP contribution in [-0.4, -0.2) is 39.9 Å². The lowest BCUT2D eigenvalue weighted by Gasteiger charge is -2.15. The van der Waals surface area contributed by atoms with Crippen molar-refractivity contribution in [2.45, 2.75) is 33.5 Å². The Bertz CT molecular complexity index is 863. The third-order valence-corrected chi connectivity index (χ3v) is 4.23. The van der Waals surface area contributed by atoms with Gasteiger partial charge in [-0.15, -0.1) is 0 Å². The molecule has 170 valence electrons. The Morgan fingerprint density at radius 2 is 1.77 bits per heavy atom. The van der Waals surface area contributed by atoms with Gasteiger partial charge in [-0.1, -0.05) is 6.07 Å². The molecule has 2 N–H and O–H groups in total. The van der Waals surface area contributed by atoms with E-state index in [0.717, 1.165) is 11.1 Å². The van der Waals surface area contributed by atoms with E-state index in [1.807, 2.05) is 25.1 Å². The van der Waals surface area contributed by atoms with Crippen molar-refractivity contribution in [2.75, 3.05) is 27.4 Å². The van der Waals surface area contributed by atoms with Crippen LogP contribution in [0.4, 0.5) is 8.78 Å². The molecular weight excluding hydrogens is 408 g/mol. The third-order valence-electron chi connectivity index (χ3n) is 4.23. The SMILES string of the molecule is CCNC(=NCc1ccc(OC(F)F)c(OCC)c1)NCc1ccc(OC)cc1OC. The van der Waals surface area contributed by atoms with Crippen LogP contribution in [0.15, 0.2) is 41.4 Å². The number of nitrogens with one attached hydrogen (secondary N) is 2. The zero-order valence-electron chi connectivity index (χ0n) is 18.2. The van der Waals surface area contributed by atoms with Gasteiger partial charge in [-0.3, -0.25) is 0 Å². The summed E-state index contributed by atoms with van der Waals surface area (Å²) in [6.07, 6.45) is 0. The molecule has 0 unspecified atom stereocenters. The molecule has 0 aromatic heterocycles. The molecule has 0 amide bonds. The maximum Gasteiger partial charge on any atom is 0.387 e. The van der Waals surface area contributed by atoms with Crippen LogP contribution in [0.25, 0.3) is 0 Å². The first-order valence-corrected chi connectivity index (χ1v) is 9.94. The van der Waals surface area contributed by atoms with Crippen LogP contribution in [0.5, 0.6) is 23.0 Å². The number of aliphatic imine (C=N–C) groups is 1. The fourth-order valence-corrected chi connectivity index (χ4v) is 2.80. The molecule has 2 aromatic carbocycles. The molecule has 0 radical (unpaired) electrons. The normalized spacial score (nSPS) is 11.3. The Morgan fingerprint density at radius 3 is 2.42 bits per heavy atom. The van der Waals surface area contributed by atoms with Crippen molar-refractivity contribution < 1.29 is 27.7 Å². The average molecular weight is 437 g/mol. The van der Waals surface area contributed by atoms with Crippen molar-refractivity contribution in [1.29, 1.82) is 0 Å². The molecule has 0 fully saturated rings. The van der Waals surface area contributed by atoms with Gasteiger partial charge in [-0.2, -0.15) is 8.78 Å². The molecule has 2 rings (SSSR count). The Labute approximate surface area is 181 Å². The van der Waals surface area contributed by atoms with E-state index < -0.39 is 6.61 Å². The summed E-state index contributed by atoms with van der Waals surface area (Å²) in [5, 5.41) is 6.44. The van der Waals surface area contributed by atoms with E-state index in [-0.39, 0.29) is 11.5 Å². The fraction of sp³-hybridized carbons (Fsp3) is 0.409. The summed E-state index contributed by atoms with van der Waals surface area (Å²) in [6, 6.07) is 10.4. The summed E-state index contributed by atoms with van der Waals surface area (Å²) in [5.41, 5.74) is 1.74.